The number of ether oxygens (including phenoxy) is 1. The number of nitrogens with zero attached hydrogens (tertiary/aromatic N) is 2. The monoisotopic (exact) mass is 314 g/mol. The molecule has 114 valence electrons. The van der Waals surface area contributed by atoms with Crippen molar-refractivity contribution >= 4 is 17.2 Å². The lowest BCUT2D eigenvalue weighted by atomic mass is 9.78. The van der Waals surface area contributed by atoms with Crippen LogP contribution in [0.25, 0.3) is 0 Å². The molecule has 1 aliphatic rings. The normalized spacial score (nSPS) is 21.1. The van der Waals surface area contributed by atoms with Crippen LogP contribution in [0.5, 0.6) is 5.88 Å². The minimum Gasteiger partial charge on any atom is -0.422 e. The summed E-state index contributed by atoms with van der Waals surface area (Å²) in [6.45, 7) is 8.33. The molecule has 0 spiro atoms. The Balaban J connectivity index is 2.27. The quantitative estimate of drug-likeness (QED) is 0.841. The topological polar surface area (TPSA) is 85.5 Å². The van der Waals surface area contributed by atoms with E-state index >= 15 is 0 Å². The fourth-order valence-electron chi connectivity index (χ4n) is 2.88. The van der Waals surface area contributed by atoms with Gasteiger partial charge in [-0.05, 0) is 23.9 Å². The van der Waals surface area contributed by atoms with Gasteiger partial charge in [-0.1, -0.05) is 20.8 Å². The average Bonchev–Trinajstić information content (AvgIpc) is 3.02. The molecule has 0 aliphatic carbocycles. The van der Waals surface area contributed by atoms with Gasteiger partial charge in [-0.3, -0.25) is 10.5 Å². The Labute approximate surface area is 133 Å². The second-order valence-corrected chi connectivity index (χ2v) is 7.53. The summed E-state index contributed by atoms with van der Waals surface area (Å²) in [5.74, 6) is -0.420. The van der Waals surface area contributed by atoms with Gasteiger partial charge in [0.05, 0.1) is 12.0 Å². The van der Waals surface area contributed by atoms with Crippen LogP contribution in [0.1, 0.15) is 48.4 Å². The zero-order valence-corrected chi connectivity index (χ0v) is 13.8. The van der Waals surface area contributed by atoms with E-state index in [2.05, 4.69) is 37.0 Å². The first-order chi connectivity index (χ1) is 10.3. The van der Waals surface area contributed by atoms with Crippen molar-refractivity contribution in [3.8, 4) is 11.9 Å². The van der Waals surface area contributed by atoms with Gasteiger partial charge in [-0.15, -0.1) is 16.4 Å². The number of hydrogen-bond acceptors (Lipinski definition) is 5. The summed E-state index contributed by atoms with van der Waals surface area (Å²) in [7, 11) is 0. The van der Waals surface area contributed by atoms with Gasteiger partial charge in [0.2, 0.25) is 11.8 Å². The summed E-state index contributed by atoms with van der Waals surface area (Å²) in [4.78, 5) is 1.10. The molecule has 2 unspecified atom stereocenters. The van der Waals surface area contributed by atoms with Crippen LogP contribution in [0, 0.1) is 29.6 Å². The van der Waals surface area contributed by atoms with Crippen molar-refractivity contribution in [3.63, 3.8) is 0 Å². The van der Waals surface area contributed by atoms with Crippen LogP contribution in [0.2, 0.25) is 0 Å². The molecule has 2 N–H and O–H groups in total. The molecule has 1 aliphatic heterocycles. The number of aryl methyl sites for hydroxylation is 1. The first-order valence-electron chi connectivity index (χ1n) is 7.13. The zero-order chi connectivity index (χ0) is 16.1. The number of rotatable bonds is 1. The van der Waals surface area contributed by atoms with Crippen molar-refractivity contribution in [2.75, 3.05) is 0 Å². The summed E-state index contributed by atoms with van der Waals surface area (Å²) in [5.41, 5.74) is 2.87. The van der Waals surface area contributed by atoms with Crippen LogP contribution in [-0.4, -0.2) is 16.1 Å². The highest BCUT2D eigenvalue weighted by Gasteiger charge is 2.43. The van der Waals surface area contributed by atoms with Gasteiger partial charge in [0, 0.05) is 21.5 Å². The van der Waals surface area contributed by atoms with Crippen molar-refractivity contribution in [2.24, 2.45) is 5.92 Å². The molecule has 2 aromatic heterocycles. The molecule has 0 amide bonds. The number of thiophene rings is 1. The maximum Gasteiger partial charge on any atom is 0.243 e. The van der Waals surface area contributed by atoms with Gasteiger partial charge in [-0.25, -0.2) is 0 Å². The third-order valence-corrected chi connectivity index (χ3v) is 5.08. The molecular weight excluding hydrogens is 296 g/mol. The second kappa shape index (κ2) is 4.96. The Kier molecular flexibility index (Phi) is 3.33. The predicted octanol–water partition coefficient (Wildman–Crippen LogP) is 3.72. The minimum atomic E-state index is -0.622. The van der Waals surface area contributed by atoms with Gasteiger partial charge < -0.3 is 4.74 Å². The van der Waals surface area contributed by atoms with Crippen LogP contribution < -0.4 is 4.74 Å². The predicted molar refractivity (Wildman–Crippen MR) is 85.6 cm³/mol. The lowest BCUT2D eigenvalue weighted by Crippen LogP contribution is -2.32. The zero-order valence-electron chi connectivity index (χ0n) is 13.0. The Morgan fingerprint density at radius 2 is 2.18 bits per heavy atom. The second-order valence-electron chi connectivity index (χ2n) is 6.59. The van der Waals surface area contributed by atoms with Gasteiger partial charge in [-0.2, -0.15) is 5.26 Å². The number of hydrogen-bond donors (Lipinski definition) is 2. The molecule has 6 heteroatoms. The maximum atomic E-state index is 9.58. The van der Waals surface area contributed by atoms with E-state index in [1.165, 1.54) is 0 Å². The first-order valence-corrected chi connectivity index (χ1v) is 8.01. The largest absolute Gasteiger partial charge is 0.422 e. The van der Waals surface area contributed by atoms with Crippen LogP contribution >= 0.6 is 11.3 Å². The van der Waals surface area contributed by atoms with Gasteiger partial charge in [0.25, 0.3) is 0 Å². The van der Waals surface area contributed by atoms with E-state index < -0.39 is 5.92 Å². The highest BCUT2D eigenvalue weighted by Crippen LogP contribution is 2.47. The maximum absolute atomic E-state index is 9.58. The van der Waals surface area contributed by atoms with Gasteiger partial charge in [0.1, 0.15) is 5.92 Å². The number of nitriles is 1. The molecule has 3 rings (SSSR count). The van der Waals surface area contributed by atoms with E-state index in [1.54, 1.807) is 11.3 Å². The molecule has 0 saturated carbocycles. The fraction of sp³-hybridized carbons (Fsp3) is 0.438. The van der Waals surface area contributed by atoms with E-state index in [0.717, 1.165) is 21.7 Å². The van der Waals surface area contributed by atoms with Crippen molar-refractivity contribution in [3.05, 3.63) is 33.1 Å². The third kappa shape index (κ3) is 2.13. The smallest absolute Gasteiger partial charge is 0.243 e. The molecule has 22 heavy (non-hydrogen) atoms. The summed E-state index contributed by atoms with van der Waals surface area (Å²) in [6, 6.07) is 4.29. The molecule has 3 heterocycles. The average molecular weight is 314 g/mol. The number of H-pyrrole nitrogens is 1. The van der Waals surface area contributed by atoms with Crippen LogP contribution in [0.15, 0.2) is 11.4 Å². The summed E-state index contributed by atoms with van der Waals surface area (Å²) in [6.07, 6.45) is 0. The lowest BCUT2D eigenvalue weighted by Gasteiger charge is -2.30. The van der Waals surface area contributed by atoms with Crippen LogP contribution in [0.4, 0.5) is 0 Å². The van der Waals surface area contributed by atoms with E-state index in [4.69, 9.17) is 10.1 Å². The molecule has 2 aromatic rings. The molecule has 2 atom stereocenters. The van der Waals surface area contributed by atoms with E-state index in [-0.39, 0.29) is 17.2 Å². The van der Waals surface area contributed by atoms with Crippen molar-refractivity contribution in [1.82, 2.24) is 10.2 Å². The fourth-order valence-corrected chi connectivity index (χ4v) is 3.95. The highest BCUT2D eigenvalue weighted by atomic mass is 32.1. The first kappa shape index (κ1) is 14.8. The molecule has 0 bridgehead atoms. The molecule has 0 aromatic carbocycles. The van der Waals surface area contributed by atoms with Crippen molar-refractivity contribution in [1.29, 1.82) is 10.7 Å². The Hall–Kier alpha value is -2.13. The summed E-state index contributed by atoms with van der Waals surface area (Å²) >= 11 is 1.62. The standard InChI is InChI=1S/C16H18N4OS/c1-8-5-6-22-12(8)10-9(7-17)14(18)21-15-11(10)13(19-20-15)16(2,3)4/h5-6,9-10,18H,1-4H3,(H,19,20). The Morgan fingerprint density at radius 3 is 2.73 bits per heavy atom. The van der Waals surface area contributed by atoms with Crippen molar-refractivity contribution in [2.45, 2.75) is 39.0 Å². The number of aromatic nitrogens is 2. The summed E-state index contributed by atoms with van der Waals surface area (Å²) < 4.78 is 5.50. The molecule has 0 saturated heterocycles. The lowest BCUT2D eigenvalue weighted by molar-refractivity contribution is 0.435. The molecule has 0 fully saturated rings. The minimum absolute atomic E-state index is 0.0280. The number of aromatic amines is 1. The SMILES string of the molecule is Cc1ccsc1C1c2c(n[nH]c2C(C)(C)C)OC(=N)C1C#N. The molecule has 5 nitrogen and oxygen atoms in total. The molecular formula is C16H18N4OS. The third-order valence-electron chi connectivity index (χ3n) is 3.98. The van der Waals surface area contributed by atoms with Gasteiger partial charge in [0.15, 0.2) is 0 Å². The molecule has 0 radical (unpaired) electrons. The van der Waals surface area contributed by atoms with E-state index in [0.29, 0.717) is 5.88 Å². The van der Waals surface area contributed by atoms with Gasteiger partial charge >= 0.3 is 0 Å². The Bertz CT molecular complexity index is 775. The number of nitrogens with one attached hydrogen (secondary N) is 2. The van der Waals surface area contributed by atoms with E-state index in [1.807, 2.05) is 18.4 Å². The van der Waals surface area contributed by atoms with Crippen LogP contribution in [0.3, 0.4) is 0 Å². The van der Waals surface area contributed by atoms with Crippen molar-refractivity contribution < 1.29 is 4.74 Å². The Morgan fingerprint density at radius 1 is 1.45 bits per heavy atom. The highest BCUT2D eigenvalue weighted by molar-refractivity contribution is 7.10. The number of fused-ring (bicyclic) bond motifs is 1. The van der Waals surface area contributed by atoms with E-state index in [9.17, 15) is 5.26 Å². The van der Waals surface area contributed by atoms with Crippen LogP contribution in [-0.2, 0) is 5.41 Å². The summed E-state index contributed by atoms with van der Waals surface area (Å²) in [5, 5.41) is 27.0.